The van der Waals surface area contributed by atoms with Gasteiger partial charge in [0.2, 0.25) is 0 Å². The molecule has 4 nitrogen and oxygen atoms in total. The monoisotopic (exact) mass is 309 g/mol. The molecule has 21 heavy (non-hydrogen) atoms. The molecular weight excluding hydrogens is 286 g/mol. The average molecular weight is 309 g/mol. The van der Waals surface area contributed by atoms with Crippen molar-refractivity contribution in [3.8, 4) is 0 Å². The van der Waals surface area contributed by atoms with E-state index in [1.54, 1.807) is 4.90 Å². The minimum absolute atomic E-state index is 0.0140. The van der Waals surface area contributed by atoms with E-state index in [1.165, 1.54) is 6.26 Å². The van der Waals surface area contributed by atoms with Crippen molar-refractivity contribution in [2.24, 2.45) is 0 Å². The van der Waals surface area contributed by atoms with Gasteiger partial charge in [0.15, 0.2) is 0 Å². The summed E-state index contributed by atoms with van der Waals surface area (Å²) in [5.74, 6) is -0.0358. The zero-order chi connectivity index (χ0) is 15.8. The maximum absolute atomic E-state index is 12.8. The summed E-state index contributed by atoms with van der Waals surface area (Å²) in [7, 11) is -3.10. The maximum Gasteiger partial charge on any atom is 0.254 e. The van der Waals surface area contributed by atoms with Crippen LogP contribution in [0.25, 0.3) is 0 Å². The Kier molecular flexibility index (Phi) is 4.42. The maximum atomic E-state index is 12.8. The summed E-state index contributed by atoms with van der Waals surface area (Å²) in [4.78, 5) is 14.6. The average Bonchev–Trinajstić information content (AvgIpc) is 3.10. The number of rotatable bonds is 5. The van der Waals surface area contributed by atoms with E-state index >= 15 is 0 Å². The van der Waals surface area contributed by atoms with E-state index in [9.17, 15) is 13.2 Å². The number of hydrogen-bond acceptors (Lipinski definition) is 3. The van der Waals surface area contributed by atoms with Crippen LogP contribution in [0.15, 0.2) is 18.2 Å². The van der Waals surface area contributed by atoms with Crippen LogP contribution < -0.4 is 0 Å². The van der Waals surface area contributed by atoms with Crippen LogP contribution in [0.2, 0.25) is 0 Å². The van der Waals surface area contributed by atoms with Crippen molar-refractivity contribution in [1.82, 2.24) is 4.90 Å². The molecule has 1 aliphatic rings. The molecular formula is C16H23NO3S. The SMILES string of the molecule is Cc1ccc(C(=O)N(C(C)CS(C)(=O)=O)C2CC2)c(C)c1. The Morgan fingerprint density at radius 3 is 2.43 bits per heavy atom. The van der Waals surface area contributed by atoms with Crippen molar-refractivity contribution >= 4 is 15.7 Å². The van der Waals surface area contributed by atoms with Crippen molar-refractivity contribution in [2.45, 2.75) is 45.7 Å². The van der Waals surface area contributed by atoms with E-state index in [4.69, 9.17) is 0 Å². The van der Waals surface area contributed by atoms with Crippen LogP contribution in [0.4, 0.5) is 0 Å². The zero-order valence-electron chi connectivity index (χ0n) is 13.1. The Morgan fingerprint density at radius 1 is 1.33 bits per heavy atom. The van der Waals surface area contributed by atoms with E-state index in [1.807, 2.05) is 39.0 Å². The number of amides is 1. The summed E-state index contributed by atoms with van der Waals surface area (Å²) in [5.41, 5.74) is 2.73. The number of hydrogen-bond donors (Lipinski definition) is 0. The second kappa shape index (κ2) is 5.79. The first-order valence-corrected chi connectivity index (χ1v) is 9.33. The molecule has 0 spiro atoms. The molecule has 5 heteroatoms. The zero-order valence-corrected chi connectivity index (χ0v) is 13.9. The highest BCUT2D eigenvalue weighted by molar-refractivity contribution is 7.90. The molecule has 0 bridgehead atoms. The Labute approximate surface area is 127 Å². The van der Waals surface area contributed by atoms with Crippen molar-refractivity contribution in [3.63, 3.8) is 0 Å². The minimum Gasteiger partial charge on any atom is -0.332 e. The van der Waals surface area contributed by atoms with Gasteiger partial charge in [0.25, 0.3) is 5.91 Å². The van der Waals surface area contributed by atoms with Gasteiger partial charge in [0, 0.05) is 23.9 Å². The van der Waals surface area contributed by atoms with Gasteiger partial charge < -0.3 is 4.90 Å². The summed E-state index contributed by atoms with van der Waals surface area (Å²) < 4.78 is 23.0. The highest BCUT2D eigenvalue weighted by Crippen LogP contribution is 2.31. The highest BCUT2D eigenvalue weighted by atomic mass is 32.2. The van der Waals surface area contributed by atoms with Gasteiger partial charge >= 0.3 is 0 Å². The molecule has 1 atom stereocenters. The molecule has 1 amide bonds. The number of nitrogens with zero attached hydrogens (tertiary/aromatic N) is 1. The normalized spacial score (nSPS) is 16.6. The lowest BCUT2D eigenvalue weighted by molar-refractivity contribution is 0.0692. The lowest BCUT2D eigenvalue weighted by Gasteiger charge is -2.29. The first kappa shape index (κ1) is 16.0. The largest absolute Gasteiger partial charge is 0.332 e. The number of aryl methyl sites for hydroxylation is 2. The van der Waals surface area contributed by atoms with Crippen molar-refractivity contribution in [1.29, 1.82) is 0 Å². The fourth-order valence-electron chi connectivity index (χ4n) is 2.79. The third-order valence-electron chi connectivity index (χ3n) is 3.81. The standard InChI is InChI=1S/C16H23NO3S/c1-11-5-8-15(12(2)9-11)16(18)17(14-6-7-14)13(3)10-21(4,19)20/h5,8-9,13-14H,6-7,10H2,1-4H3. The van der Waals surface area contributed by atoms with Crippen LogP contribution in [-0.4, -0.2) is 43.3 Å². The molecule has 1 fully saturated rings. The molecule has 1 aromatic carbocycles. The summed E-state index contributed by atoms with van der Waals surface area (Å²) in [6.07, 6.45) is 3.14. The smallest absolute Gasteiger partial charge is 0.254 e. The van der Waals surface area contributed by atoms with Crippen molar-refractivity contribution in [2.75, 3.05) is 12.0 Å². The quantitative estimate of drug-likeness (QED) is 0.839. The van der Waals surface area contributed by atoms with Crippen molar-refractivity contribution in [3.05, 3.63) is 34.9 Å². The fourth-order valence-corrected chi connectivity index (χ4v) is 3.83. The lowest BCUT2D eigenvalue weighted by Crippen LogP contribution is -2.44. The predicted octanol–water partition coefficient (Wildman–Crippen LogP) is 2.34. The molecule has 0 N–H and O–H groups in total. The number of benzene rings is 1. The molecule has 0 aromatic heterocycles. The van der Waals surface area contributed by atoms with E-state index < -0.39 is 9.84 Å². The number of sulfone groups is 1. The third kappa shape index (κ3) is 4.06. The molecule has 2 rings (SSSR count). The summed E-state index contributed by atoms with van der Waals surface area (Å²) in [5, 5.41) is 0. The second-order valence-electron chi connectivity index (χ2n) is 6.20. The van der Waals surface area contributed by atoms with E-state index in [2.05, 4.69) is 0 Å². The molecule has 0 radical (unpaired) electrons. The topological polar surface area (TPSA) is 54.5 Å². The van der Waals surface area contributed by atoms with E-state index in [0.717, 1.165) is 24.0 Å². The van der Waals surface area contributed by atoms with Crippen LogP contribution in [0, 0.1) is 13.8 Å². The van der Waals surface area contributed by atoms with Crippen LogP contribution in [0.3, 0.4) is 0 Å². The van der Waals surface area contributed by atoms with Gasteiger partial charge in [0.05, 0.1) is 5.75 Å². The van der Waals surface area contributed by atoms with Crippen LogP contribution in [-0.2, 0) is 9.84 Å². The molecule has 0 heterocycles. The summed E-state index contributed by atoms with van der Waals surface area (Å²) >= 11 is 0. The second-order valence-corrected chi connectivity index (χ2v) is 8.39. The van der Waals surface area contributed by atoms with Crippen molar-refractivity contribution < 1.29 is 13.2 Å². The van der Waals surface area contributed by atoms with E-state index in [0.29, 0.717) is 5.56 Å². The third-order valence-corrected chi connectivity index (χ3v) is 4.89. The van der Waals surface area contributed by atoms with Crippen LogP contribution in [0.1, 0.15) is 41.3 Å². The molecule has 0 saturated heterocycles. The fraction of sp³-hybridized carbons (Fsp3) is 0.562. The first-order chi connectivity index (χ1) is 9.69. The van der Waals surface area contributed by atoms with Gasteiger partial charge in [-0.3, -0.25) is 4.79 Å². The van der Waals surface area contributed by atoms with Crippen LogP contribution >= 0.6 is 0 Å². The Bertz CT molecular complexity index is 647. The predicted molar refractivity (Wildman–Crippen MR) is 84.3 cm³/mol. The Morgan fingerprint density at radius 2 is 1.95 bits per heavy atom. The lowest BCUT2D eigenvalue weighted by atomic mass is 10.0. The molecule has 1 saturated carbocycles. The van der Waals surface area contributed by atoms with Gasteiger partial charge in [-0.15, -0.1) is 0 Å². The first-order valence-electron chi connectivity index (χ1n) is 7.26. The Balaban J connectivity index is 2.27. The van der Waals surface area contributed by atoms with Crippen LogP contribution in [0.5, 0.6) is 0 Å². The summed E-state index contributed by atoms with van der Waals surface area (Å²) in [6, 6.07) is 5.65. The molecule has 0 aliphatic heterocycles. The molecule has 1 aliphatic carbocycles. The molecule has 1 aromatic rings. The van der Waals surface area contributed by atoms with Gasteiger partial charge in [-0.1, -0.05) is 17.7 Å². The number of carbonyl (C=O) groups is 1. The highest BCUT2D eigenvalue weighted by Gasteiger charge is 2.37. The van der Waals surface area contributed by atoms with Gasteiger partial charge in [0.1, 0.15) is 9.84 Å². The molecule has 116 valence electrons. The Hall–Kier alpha value is -1.36. The minimum atomic E-state index is -3.10. The van der Waals surface area contributed by atoms with Gasteiger partial charge in [-0.25, -0.2) is 8.42 Å². The van der Waals surface area contributed by atoms with Gasteiger partial charge in [-0.2, -0.15) is 0 Å². The van der Waals surface area contributed by atoms with Gasteiger partial charge in [-0.05, 0) is 45.2 Å². The number of carbonyl (C=O) groups excluding carboxylic acids is 1. The van der Waals surface area contributed by atoms with E-state index in [-0.39, 0.29) is 23.7 Å². The molecule has 1 unspecified atom stereocenters. The summed E-state index contributed by atoms with van der Waals surface area (Å²) in [6.45, 7) is 5.74.